The molecule has 5 rings (SSSR count). The zero-order valence-corrected chi connectivity index (χ0v) is 36.0. The van der Waals surface area contributed by atoms with Crippen molar-refractivity contribution in [3.8, 4) is 33.8 Å². The number of nitrogens with zero attached hydrogens (tertiary/aromatic N) is 1. The summed E-state index contributed by atoms with van der Waals surface area (Å²) in [5.41, 5.74) is 15.1. The lowest BCUT2D eigenvalue weighted by Gasteiger charge is -2.32. The molecule has 4 bridgehead atoms. The Hall–Kier alpha value is -6.29. The number of benzene rings is 4. The molecule has 0 aromatic heterocycles. The maximum absolute atomic E-state index is 14.7. The van der Waals surface area contributed by atoms with Gasteiger partial charge in [-0.1, -0.05) is 48.0 Å². The molecule has 5 amide bonds. The number of carbonyl (C=O) groups is 6. The number of unbranched alkanes of at least 4 members (excludes halogenated alkanes) is 1. The van der Waals surface area contributed by atoms with E-state index in [1.807, 2.05) is 12.1 Å². The number of hydrogen-bond donors (Lipinski definition) is 7. The minimum absolute atomic E-state index is 0.0432. The molecule has 9 N–H and O–H groups in total. The highest BCUT2D eigenvalue weighted by Gasteiger charge is 2.36. The molecule has 0 unspecified atom stereocenters. The Morgan fingerprint density at radius 3 is 2.19 bits per heavy atom. The molecule has 328 valence electrons. The Morgan fingerprint density at radius 2 is 1.55 bits per heavy atom. The number of ketones is 1. The van der Waals surface area contributed by atoms with E-state index < -0.39 is 59.7 Å². The van der Waals surface area contributed by atoms with Crippen molar-refractivity contribution in [2.75, 3.05) is 26.7 Å². The van der Waals surface area contributed by atoms with Crippen molar-refractivity contribution in [1.82, 2.24) is 26.2 Å². The number of fused-ring (bicyclic) bond motifs is 5. The number of rotatable bonds is 15. The van der Waals surface area contributed by atoms with Crippen LogP contribution in [0.2, 0.25) is 5.02 Å². The van der Waals surface area contributed by atoms with Crippen molar-refractivity contribution in [3.05, 3.63) is 107 Å². The summed E-state index contributed by atoms with van der Waals surface area (Å²) >= 11 is 6.05. The van der Waals surface area contributed by atoms with Crippen LogP contribution in [0.15, 0.2) is 84.9 Å². The lowest BCUT2D eigenvalue weighted by molar-refractivity contribution is -0.141. The molecular weight excluding hydrogens is 814 g/mol. The smallest absolute Gasteiger partial charge is 0.251 e. The normalized spacial score (nSPS) is 17.3. The van der Waals surface area contributed by atoms with Crippen LogP contribution in [0.1, 0.15) is 67.6 Å². The second-order valence-electron chi connectivity index (χ2n) is 15.3. The van der Waals surface area contributed by atoms with E-state index in [9.17, 15) is 33.9 Å². The molecule has 0 fully saturated rings. The van der Waals surface area contributed by atoms with Gasteiger partial charge in [0.2, 0.25) is 23.6 Å². The Labute approximate surface area is 365 Å². The summed E-state index contributed by atoms with van der Waals surface area (Å²) in [4.78, 5) is 83.4. The third-order valence-electron chi connectivity index (χ3n) is 10.7. The Bertz CT molecular complexity index is 2270. The molecule has 62 heavy (non-hydrogen) atoms. The van der Waals surface area contributed by atoms with E-state index >= 15 is 0 Å². The van der Waals surface area contributed by atoms with Crippen LogP contribution in [0.25, 0.3) is 22.3 Å². The van der Waals surface area contributed by atoms with Crippen molar-refractivity contribution in [3.63, 3.8) is 0 Å². The molecule has 0 aliphatic carbocycles. The molecule has 15 nitrogen and oxygen atoms in total. The SMILES string of the molecule is CC(=O)[C@H](C)NC(=O)[C@@H]1Cc2ccc(O)c(c2)-c2cc(ccc2OCCN)[C@H](N(C)C(=O)[C@H](CCCCN)NC(=O)c2ccc(-c3ccc(Cl)cc3)cc2)C(=O)N[C@@H](C)C(=O)N1. The molecule has 1 aliphatic rings. The molecule has 0 spiro atoms. The monoisotopic (exact) mass is 867 g/mol. The Morgan fingerprint density at radius 1 is 0.871 bits per heavy atom. The number of aromatic hydroxyl groups is 1. The quantitative estimate of drug-likeness (QED) is 0.0855. The van der Waals surface area contributed by atoms with Crippen LogP contribution in [-0.2, 0) is 30.4 Å². The van der Waals surface area contributed by atoms with E-state index in [-0.39, 0.29) is 43.1 Å². The number of nitrogens with one attached hydrogen (secondary N) is 4. The number of hydrogen-bond acceptors (Lipinski definition) is 10. The summed E-state index contributed by atoms with van der Waals surface area (Å²) in [5.74, 6) is -3.35. The first-order valence-corrected chi connectivity index (χ1v) is 20.8. The summed E-state index contributed by atoms with van der Waals surface area (Å²) in [6, 6.07) is 17.9. The standard InChI is InChI=1S/C46H54ClN7O8/c1-26(28(3)55)50-44(59)38-24-29-8-18-39(56)35(23-29)36-25-33(15-19-40(36)62-22-21-49)41(45(60)51-27(2)42(57)53-38)54(4)46(61)37(7-5-6-20-48)52-43(58)32-11-9-30(10-12-32)31-13-16-34(47)17-14-31/h8-19,23,25-27,37-38,41,56H,5-7,20-22,24,48-49H2,1-4H3,(H,50,59)(H,51,60)(H,52,58)(H,53,57)/t26-,27-,37-,38-,41-/m0/s1. The lowest BCUT2D eigenvalue weighted by atomic mass is 9.93. The van der Waals surface area contributed by atoms with Crippen LogP contribution in [0.3, 0.4) is 0 Å². The molecule has 4 aromatic carbocycles. The Balaban J connectivity index is 1.54. The van der Waals surface area contributed by atoms with Crippen molar-refractivity contribution >= 4 is 46.9 Å². The number of likely N-dealkylation sites (N-methyl/N-ethyl adjacent to an activating group) is 1. The topological polar surface area (TPSA) is 235 Å². The maximum Gasteiger partial charge on any atom is 0.251 e. The predicted octanol–water partition coefficient (Wildman–Crippen LogP) is 3.78. The first-order chi connectivity index (χ1) is 29.6. The van der Waals surface area contributed by atoms with Gasteiger partial charge in [0.05, 0.1) is 6.04 Å². The predicted molar refractivity (Wildman–Crippen MR) is 236 cm³/mol. The van der Waals surface area contributed by atoms with Gasteiger partial charge in [-0.05, 0) is 117 Å². The molecule has 0 saturated carbocycles. The fraction of sp³-hybridized carbons (Fsp3) is 0.348. The largest absolute Gasteiger partial charge is 0.507 e. The second kappa shape index (κ2) is 21.5. The number of phenolic OH excluding ortho intramolecular Hbond substituents is 1. The number of phenols is 1. The molecule has 16 heteroatoms. The molecule has 0 saturated heterocycles. The minimum Gasteiger partial charge on any atom is -0.507 e. The number of carbonyl (C=O) groups excluding carboxylic acids is 6. The lowest BCUT2D eigenvalue weighted by Crippen LogP contribution is -2.56. The van der Waals surface area contributed by atoms with Crippen molar-refractivity contribution in [2.45, 2.75) is 76.7 Å². The first-order valence-electron chi connectivity index (χ1n) is 20.5. The third kappa shape index (κ3) is 11.7. The van der Waals surface area contributed by atoms with Gasteiger partial charge in [0.1, 0.15) is 42.3 Å². The average molecular weight is 868 g/mol. The van der Waals surface area contributed by atoms with Gasteiger partial charge < -0.3 is 47.5 Å². The number of amides is 5. The molecule has 5 atom stereocenters. The summed E-state index contributed by atoms with van der Waals surface area (Å²) in [6.45, 7) is 4.93. The van der Waals surface area contributed by atoms with E-state index in [4.69, 9.17) is 27.8 Å². The van der Waals surface area contributed by atoms with Gasteiger partial charge in [-0.25, -0.2) is 0 Å². The average Bonchev–Trinajstić information content (AvgIpc) is 3.25. The highest BCUT2D eigenvalue weighted by Crippen LogP contribution is 2.39. The summed E-state index contributed by atoms with van der Waals surface area (Å²) in [5, 5.41) is 22.8. The highest BCUT2D eigenvalue weighted by molar-refractivity contribution is 6.30. The minimum atomic E-state index is -1.39. The van der Waals surface area contributed by atoms with E-state index in [2.05, 4.69) is 21.3 Å². The van der Waals surface area contributed by atoms with Gasteiger partial charge in [-0.2, -0.15) is 0 Å². The van der Waals surface area contributed by atoms with Crippen molar-refractivity contribution in [2.24, 2.45) is 11.5 Å². The number of Topliss-reactive ketones (excluding diaryl/α,β-unsaturated/α-hetero) is 1. The van der Waals surface area contributed by atoms with Crippen LogP contribution in [0, 0.1) is 0 Å². The van der Waals surface area contributed by atoms with Crippen molar-refractivity contribution < 1.29 is 38.6 Å². The summed E-state index contributed by atoms with van der Waals surface area (Å²) < 4.78 is 6.00. The van der Waals surface area contributed by atoms with E-state index in [1.54, 1.807) is 66.7 Å². The van der Waals surface area contributed by atoms with Gasteiger partial charge in [-0.15, -0.1) is 0 Å². The number of nitrogens with two attached hydrogens (primary N) is 2. The fourth-order valence-corrected chi connectivity index (χ4v) is 7.16. The highest BCUT2D eigenvalue weighted by atomic mass is 35.5. The summed E-state index contributed by atoms with van der Waals surface area (Å²) in [7, 11) is 1.43. The van der Waals surface area contributed by atoms with Gasteiger partial charge >= 0.3 is 0 Å². The second-order valence-corrected chi connectivity index (χ2v) is 15.8. The van der Waals surface area contributed by atoms with Gasteiger partial charge in [0.15, 0.2) is 5.78 Å². The summed E-state index contributed by atoms with van der Waals surface area (Å²) in [6.07, 6.45) is 1.21. The van der Waals surface area contributed by atoms with Crippen LogP contribution in [-0.4, -0.2) is 96.2 Å². The molecular formula is C46H54ClN7O8. The molecule has 1 heterocycles. The Kier molecular flexibility index (Phi) is 16.2. The number of ether oxygens (including phenoxy) is 1. The van der Waals surface area contributed by atoms with Crippen LogP contribution in [0.4, 0.5) is 0 Å². The van der Waals surface area contributed by atoms with Crippen molar-refractivity contribution in [1.29, 1.82) is 0 Å². The number of halogens is 1. The fourth-order valence-electron chi connectivity index (χ4n) is 7.04. The third-order valence-corrected chi connectivity index (χ3v) is 10.9. The van der Waals surface area contributed by atoms with Crippen LogP contribution >= 0.6 is 11.6 Å². The van der Waals surface area contributed by atoms with Gasteiger partial charge in [0, 0.05) is 41.7 Å². The van der Waals surface area contributed by atoms with Crippen LogP contribution < -0.4 is 37.5 Å². The zero-order chi connectivity index (χ0) is 45.1. The van der Waals surface area contributed by atoms with Gasteiger partial charge in [0.25, 0.3) is 5.91 Å². The molecule has 4 aromatic rings. The van der Waals surface area contributed by atoms with Crippen LogP contribution in [0.5, 0.6) is 11.5 Å². The molecule has 1 aliphatic heterocycles. The van der Waals surface area contributed by atoms with E-state index in [1.165, 1.54) is 38.8 Å². The van der Waals surface area contributed by atoms with E-state index in [0.29, 0.717) is 52.4 Å². The molecule has 0 radical (unpaired) electrons. The first kappa shape index (κ1) is 46.8. The maximum atomic E-state index is 14.7. The van der Waals surface area contributed by atoms with Gasteiger partial charge in [-0.3, -0.25) is 28.8 Å². The van der Waals surface area contributed by atoms with E-state index in [0.717, 1.165) is 11.1 Å². The zero-order valence-electron chi connectivity index (χ0n) is 35.2.